The maximum absolute atomic E-state index is 9.35. The smallest absolute Gasteiger partial charge is 0.144 e. The van der Waals surface area contributed by atoms with Crippen molar-refractivity contribution in [2.75, 3.05) is 19.6 Å². The van der Waals surface area contributed by atoms with Crippen LogP contribution in [0.25, 0.3) is 0 Å². The van der Waals surface area contributed by atoms with E-state index in [1.807, 2.05) is 13.8 Å². The number of aliphatic hydroxyl groups is 1. The van der Waals surface area contributed by atoms with Crippen LogP contribution in [0.4, 0.5) is 0 Å². The lowest BCUT2D eigenvalue weighted by atomic mass is 9.88. The van der Waals surface area contributed by atoms with Crippen molar-refractivity contribution in [2.24, 2.45) is 16.3 Å². The van der Waals surface area contributed by atoms with Crippen molar-refractivity contribution in [3.63, 3.8) is 0 Å². The van der Waals surface area contributed by atoms with E-state index in [-0.39, 0.29) is 17.4 Å². The number of aliphatic hydroxyl groups excluding tert-OH is 1. The third-order valence-electron chi connectivity index (χ3n) is 3.10. The van der Waals surface area contributed by atoms with Crippen molar-refractivity contribution < 1.29 is 10.3 Å². The van der Waals surface area contributed by atoms with Crippen LogP contribution in [0.1, 0.15) is 26.7 Å². The van der Waals surface area contributed by atoms with Crippen LogP contribution in [0, 0.1) is 5.41 Å². The van der Waals surface area contributed by atoms with Gasteiger partial charge in [-0.1, -0.05) is 19.0 Å². The summed E-state index contributed by atoms with van der Waals surface area (Å²) < 4.78 is 0. The predicted octanol–water partition coefficient (Wildman–Crippen LogP) is 0.216. The van der Waals surface area contributed by atoms with E-state index in [1.165, 1.54) is 0 Å². The van der Waals surface area contributed by atoms with Gasteiger partial charge in [0, 0.05) is 18.5 Å². The molecule has 0 aliphatic carbocycles. The Balaban J connectivity index is 2.36. The molecule has 88 valence electrons. The number of likely N-dealkylation sites (tertiary alicyclic amines) is 1. The van der Waals surface area contributed by atoms with Crippen LogP contribution in [-0.2, 0) is 0 Å². The van der Waals surface area contributed by atoms with E-state index < -0.39 is 0 Å². The Bertz CT molecular complexity index is 241. The second kappa shape index (κ2) is 4.81. The molecule has 0 amide bonds. The maximum atomic E-state index is 9.35. The average Bonchev–Trinajstić information content (AvgIpc) is 2.60. The van der Waals surface area contributed by atoms with Crippen molar-refractivity contribution in [1.29, 1.82) is 0 Å². The second-order valence-corrected chi connectivity index (χ2v) is 4.86. The zero-order valence-corrected chi connectivity index (χ0v) is 9.48. The quantitative estimate of drug-likeness (QED) is 0.271. The molecule has 1 heterocycles. The fraction of sp³-hybridized carbons (Fsp3) is 0.900. The van der Waals surface area contributed by atoms with Crippen LogP contribution in [0.5, 0.6) is 0 Å². The molecule has 0 aromatic carbocycles. The minimum Gasteiger partial charge on any atom is -0.409 e. The molecule has 1 aliphatic heterocycles. The molecule has 5 nitrogen and oxygen atoms in total. The first-order valence-corrected chi connectivity index (χ1v) is 5.34. The summed E-state index contributed by atoms with van der Waals surface area (Å²) in [5.74, 6) is 0.266. The predicted molar refractivity (Wildman–Crippen MR) is 58.9 cm³/mol. The van der Waals surface area contributed by atoms with Crippen molar-refractivity contribution in [2.45, 2.75) is 32.8 Å². The molecule has 1 aliphatic rings. The number of rotatable bonds is 4. The van der Waals surface area contributed by atoms with E-state index in [0.717, 1.165) is 32.5 Å². The normalized spacial score (nSPS) is 24.7. The Hall–Kier alpha value is -0.810. The molecule has 0 bridgehead atoms. The summed E-state index contributed by atoms with van der Waals surface area (Å²) in [6.07, 6.45) is 1.50. The SMILES string of the molecule is CC(C)(CCN1CCC(O)C1)C(N)=NO. The fourth-order valence-corrected chi connectivity index (χ4v) is 1.72. The summed E-state index contributed by atoms with van der Waals surface area (Å²) >= 11 is 0. The van der Waals surface area contributed by atoms with Crippen LogP contribution in [-0.4, -0.2) is 46.8 Å². The Morgan fingerprint density at radius 2 is 2.27 bits per heavy atom. The standard InChI is InChI=1S/C10H21N3O2/c1-10(2,9(11)12-15)4-6-13-5-3-8(14)7-13/h8,14-15H,3-7H2,1-2H3,(H2,11,12). The zero-order valence-electron chi connectivity index (χ0n) is 9.48. The minimum atomic E-state index is -0.289. The van der Waals surface area contributed by atoms with E-state index in [0.29, 0.717) is 0 Å². The summed E-state index contributed by atoms with van der Waals surface area (Å²) in [5, 5.41) is 21.0. The number of nitrogens with two attached hydrogens (primary N) is 1. The minimum absolute atomic E-state index is 0.183. The Labute approximate surface area is 90.6 Å². The van der Waals surface area contributed by atoms with E-state index >= 15 is 0 Å². The van der Waals surface area contributed by atoms with E-state index in [2.05, 4.69) is 10.1 Å². The number of nitrogens with zero attached hydrogens (tertiary/aromatic N) is 2. The van der Waals surface area contributed by atoms with Gasteiger partial charge in [0.25, 0.3) is 0 Å². The molecule has 0 aromatic rings. The lowest BCUT2D eigenvalue weighted by Gasteiger charge is -2.25. The summed E-state index contributed by atoms with van der Waals surface area (Å²) in [7, 11) is 0. The van der Waals surface area contributed by atoms with Gasteiger partial charge in [-0.3, -0.25) is 0 Å². The molecule has 0 spiro atoms. The summed E-state index contributed by atoms with van der Waals surface area (Å²) in [6.45, 7) is 6.46. The van der Waals surface area contributed by atoms with Gasteiger partial charge in [-0.2, -0.15) is 0 Å². The maximum Gasteiger partial charge on any atom is 0.144 e. The molecule has 1 saturated heterocycles. The van der Waals surface area contributed by atoms with E-state index in [1.54, 1.807) is 0 Å². The molecule has 0 saturated carbocycles. The van der Waals surface area contributed by atoms with Crippen LogP contribution < -0.4 is 5.73 Å². The van der Waals surface area contributed by atoms with Gasteiger partial charge in [0.2, 0.25) is 0 Å². The molecular weight excluding hydrogens is 194 g/mol. The summed E-state index contributed by atoms with van der Waals surface area (Å²) in [6, 6.07) is 0. The van der Waals surface area contributed by atoms with Crippen molar-refractivity contribution in [1.82, 2.24) is 4.90 Å². The van der Waals surface area contributed by atoms with Crippen LogP contribution >= 0.6 is 0 Å². The largest absolute Gasteiger partial charge is 0.409 e. The topological polar surface area (TPSA) is 82.1 Å². The molecule has 4 N–H and O–H groups in total. The first-order chi connectivity index (χ1) is 6.95. The Kier molecular flexibility index (Phi) is 3.93. The number of oxime groups is 1. The summed E-state index contributed by atoms with van der Waals surface area (Å²) in [5.41, 5.74) is 5.31. The molecular formula is C10H21N3O2. The van der Waals surface area contributed by atoms with Crippen LogP contribution in [0.2, 0.25) is 0 Å². The van der Waals surface area contributed by atoms with Gasteiger partial charge in [-0.25, -0.2) is 0 Å². The molecule has 5 heteroatoms. The summed E-state index contributed by atoms with van der Waals surface area (Å²) in [4.78, 5) is 2.21. The fourth-order valence-electron chi connectivity index (χ4n) is 1.72. The first kappa shape index (κ1) is 12.3. The molecule has 0 radical (unpaired) electrons. The molecule has 1 unspecified atom stereocenters. The van der Waals surface area contributed by atoms with Gasteiger partial charge < -0.3 is 20.9 Å². The van der Waals surface area contributed by atoms with Gasteiger partial charge in [-0.05, 0) is 19.4 Å². The van der Waals surface area contributed by atoms with E-state index in [4.69, 9.17) is 10.9 Å². The molecule has 1 atom stereocenters. The van der Waals surface area contributed by atoms with Gasteiger partial charge in [-0.15, -0.1) is 0 Å². The van der Waals surface area contributed by atoms with Gasteiger partial charge >= 0.3 is 0 Å². The molecule has 15 heavy (non-hydrogen) atoms. The second-order valence-electron chi connectivity index (χ2n) is 4.86. The van der Waals surface area contributed by atoms with E-state index in [9.17, 15) is 5.11 Å². The third-order valence-corrected chi connectivity index (χ3v) is 3.10. The van der Waals surface area contributed by atoms with Crippen molar-refractivity contribution in [3.05, 3.63) is 0 Å². The van der Waals surface area contributed by atoms with Crippen molar-refractivity contribution in [3.8, 4) is 0 Å². The lowest BCUT2D eigenvalue weighted by molar-refractivity contribution is 0.173. The number of hydrogen-bond donors (Lipinski definition) is 3. The highest BCUT2D eigenvalue weighted by Crippen LogP contribution is 2.22. The number of hydrogen-bond acceptors (Lipinski definition) is 4. The third kappa shape index (κ3) is 3.35. The Morgan fingerprint density at radius 3 is 2.73 bits per heavy atom. The molecule has 1 rings (SSSR count). The van der Waals surface area contributed by atoms with Gasteiger partial charge in [0.1, 0.15) is 5.84 Å². The van der Waals surface area contributed by atoms with Crippen LogP contribution in [0.15, 0.2) is 5.16 Å². The average molecular weight is 215 g/mol. The van der Waals surface area contributed by atoms with Gasteiger partial charge in [0.15, 0.2) is 0 Å². The number of β-amino-alcohol motifs (C(OH)–C–C–N with tert-alkyl or cyclic N) is 1. The van der Waals surface area contributed by atoms with Gasteiger partial charge in [0.05, 0.1) is 6.10 Å². The Morgan fingerprint density at radius 1 is 1.60 bits per heavy atom. The molecule has 1 fully saturated rings. The number of amidine groups is 1. The monoisotopic (exact) mass is 215 g/mol. The first-order valence-electron chi connectivity index (χ1n) is 5.34. The molecule has 0 aromatic heterocycles. The highest BCUT2D eigenvalue weighted by Gasteiger charge is 2.26. The zero-order chi connectivity index (χ0) is 11.5. The lowest BCUT2D eigenvalue weighted by Crippen LogP contribution is -2.36. The highest BCUT2D eigenvalue weighted by atomic mass is 16.4. The van der Waals surface area contributed by atoms with Crippen molar-refractivity contribution >= 4 is 5.84 Å². The van der Waals surface area contributed by atoms with Crippen LogP contribution in [0.3, 0.4) is 0 Å². The highest BCUT2D eigenvalue weighted by molar-refractivity contribution is 5.85.